The normalized spacial score (nSPS) is 14.7. The van der Waals surface area contributed by atoms with Crippen LogP contribution in [-0.4, -0.2) is 32.8 Å². The van der Waals surface area contributed by atoms with Crippen LogP contribution < -0.4 is 0 Å². The van der Waals surface area contributed by atoms with Gasteiger partial charge in [-0.15, -0.1) is 0 Å². The zero-order chi connectivity index (χ0) is 11.4. The lowest BCUT2D eigenvalue weighted by Crippen LogP contribution is -2.21. The minimum Gasteiger partial charge on any atom is -0.389 e. The predicted molar refractivity (Wildman–Crippen MR) is 59.1 cm³/mol. The molecule has 0 amide bonds. The lowest BCUT2D eigenvalue weighted by atomic mass is 10.1. The fraction of sp³-hybridized carbons (Fsp3) is 0.400. The summed E-state index contributed by atoms with van der Waals surface area (Å²) in [6.45, 7) is 1.40. The molecule has 2 atom stereocenters. The Labute approximate surface area is 93.4 Å². The molecule has 0 radical (unpaired) electrons. The number of ketones is 1. The Bertz CT molecular complexity index is 356. The number of nitrogens with zero attached hydrogens (tertiary/aromatic N) is 1. The summed E-state index contributed by atoms with van der Waals surface area (Å²) < 4.78 is 0. The SMILES string of the molecule is CC(=O)c1cccc(C(O)C(O)CS)n1. The monoisotopic (exact) mass is 227 g/mol. The highest BCUT2D eigenvalue weighted by molar-refractivity contribution is 7.80. The Morgan fingerprint density at radius 2 is 2.20 bits per heavy atom. The van der Waals surface area contributed by atoms with Crippen LogP contribution in [0.3, 0.4) is 0 Å². The number of aromatic nitrogens is 1. The number of aliphatic hydroxyl groups excluding tert-OH is 2. The van der Waals surface area contributed by atoms with Crippen molar-refractivity contribution in [1.29, 1.82) is 0 Å². The number of rotatable bonds is 4. The molecular formula is C10H13NO3S. The largest absolute Gasteiger partial charge is 0.389 e. The minimum atomic E-state index is -1.11. The molecule has 0 aliphatic carbocycles. The van der Waals surface area contributed by atoms with Crippen LogP contribution in [0.25, 0.3) is 0 Å². The molecule has 15 heavy (non-hydrogen) atoms. The lowest BCUT2D eigenvalue weighted by molar-refractivity contribution is 0.0309. The third-order valence-corrected chi connectivity index (χ3v) is 2.36. The average molecular weight is 227 g/mol. The van der Waals surface area contributed by atoms with Gasteiger partial charge in [-0.1, -0.05) is 6.07 Å². The zero-order valence-corrected chi connectivity index (χ0v) is 9.19. The van der Waals surface area contributed by atoms with E-state index in [4.69, 9.17) is 0 Å². The number of hydrogen-bond donors (Lipinski definition) is 3. The molecule has 1 rings (SSSR count). The maximum atomic E-state index is 11.0. The lowest BCUT2D eigenvalue weighted by Gasteiger charge is -2.15. The van der Waals surface area contributed by atoms with Crippen molar-refractivity contribution in [2.75, 3.05) is 5.75 Å². The van der Waals surface area contributed by atoms with Crippen molar-refractivity contribution in [2.24, 2.45) is 0 Å². The van der Waals surface area contributed by atoms with Gasteiger partial charge in [0.15, 0.2) is 5.78 Å². The quantitative estimate of drug-likeness (QED) is 0.520. The van der Waals surface area contributed by atoms with Crippen LogP contribution in [0.1, 0.15) is 29.2 Å². The second-order valence-corrected chi connectivity index (χ2v) is 3.56. The van der Waals surface area contributed by atoms with Gasteiger partial charge in [-0.2, -0.15) is 12.6 Å². The number of Topliss-reactive ketones (excluding diaryl/α,β-unsaturated/α-hetero) is 1. The Balaban J connectivity index is 2.94. The molecule has 4 nitrogen and oxygen atoms in total. The van der Waals surface area contributed by atoms with Crippen molar-refractivity contribution in [2.45, 2.75) is 19.1 Å². The summed E-state index contributed by atoms with van der Waals surface area (Å²) in [5.41, 5.74) is 0.558. The Kier molecular flexibility index (Phi) is 4.26. The standard InChI is InChI=1S/C10H13NO3S/c1-6(12)7-3-2-4-8(11-7)10(14)9(13)5-15/h2-4,9-10,13-15H,5H2,1H3. The van der Waals surface area contributed by atoms with Crippen LogP contribution >= 0.6 is 12.6 Å². The van der Waals surface area contributed by atoms with Crippen molar-refractivity contribution in [3.05, 3.63) is 29.6 Å². The van der Waals surface area contributed by atoms with Crippen molar-refractivity contribution < 1.29 is 15.0 Å². The molecular weight excluding hydrogens is 214 g/mol. The first-order valence-electron chi connectivity index (χ1n) is 4.51. The van der Waals surface area contributed by atoms with Crippen LogP contribution in [0, 0.1) is 0 Å². The average Bonchev–Trinajstić information content (AvgIpc) is 2.27. The summed E-state index contributed by atoms with van der Waals surface area (Å²) in [4.78, 5) is 15.0. The van der Waals surface area contributed by atoms with E-state index in [2.05, 4.69) is 17.6 Å². The van der Waals surface area contributed by atoms with Crippen molar-refractivity contribution >= 4 is 18.4 Å². The molecule has 0 saturated carbocycles. The summed E-state index contributed by atoms with van der Waals surface area (Å²) >= 11 is 3.87. The van der Waals surface area contributed by atoms with E-state index in [0.29, 0.717) is 0 Å². The van der Waals surface area contributed by atoms with Gasteiger partial charge in [0.25, 0.3) is 0 Å². The number of hydrogen-bond acceptors (Lipinski definition) is 5. The molecule has 0 saturated heterocycles. The van der Waals surface area contributed by atoms with E-state index in [0.717, 1.165) is 0 Å². The summed E-state index contributed by atoms with van der Waals surface area (Å²) in [6, 6.07) is 4.74. The van der Waals surface area contributed by atoms with Gasteiger partial charge in [0.1, 0.15) is 11.8 Å². The molecule has 0 aliphatic heterocycles. The summed E-state index contributed by atoms with van der Waals surface area (Å²) in [6.07, 6.45) is -2.09. The van der Waals surface area contributed by atoms with E-state index >= 15 is 0 Å². The van der Waals surface area contributed by atoms with Crippen LogP contribution in [0.2, 0.25) is 0 Å². The minimum absolute atomic E-state index is 0.132. The van der Waals surface area contributed by atoms with Gasteiger partial charge in [-0.25, -0.2) is 4.98 Å². The van der Waals surface area contributed by atoms with E-state index in [1.54, 1.807) is 18.2 Å². The number of carbonyl (C=O) groups is 1. The smallest absolute Gasteiger partial charge is 0.178 e. The number of aliphatic hydroxyl groups is 2. The van der Waals surface area contributed by atoms with Crippen molar-refractivity contribution in [3.8, 4) is 0 Å². The van der Waals surface area contributed by atoms with Gasteiger partial charge < -0.3 is 10.2 Å². The highest BCUT2D eigenvalue weighted by Gasteiger charge is 2.18. The van der Waals surface area contributed by atoms with Gasteiger partial charge in [-0.3, -0.25) is 4.79 Å². The van der Waals surface area contributed by atoms with Gasteiger partial charge in [-0.05, 0) is 12.1 Å². The van der Waals surface area contributed by atoms with Crippen LogP contribution in [-0.2, 0) is 0 Å². The summed E-state index contributed by atoms with van der Waals surface area (Å²) in [7, 11) is 0. The van der Waals surface area contributed by atoms with Gasteiger partial charge in [0, 0.05) is 12.7 Å². The third kappa shape index (κ3) is 3.02. The van der Waals surface area contributed by atoms with Gasteiger partial charge in [0.2, 0.25) is 0 Å². The molecule has 1 heterocycles. The van der Waals surface area contributed by atoms with Gasteiger partial charge in [0.05, 0.1) is 11.8 Å². The number of pyridine rings is 1. The molecule has 0 spiro atoms. The van der Waals surface area contributed by atoms with Gasteiger partial charge >= 0.3 is 0 Å². The topological polar surface area (TPSA) is 70.4 Å². The summed E-state index contributed by atoms with van der Waals surface area (Å²) in [5, 5.41) is 19.0. The molecule has 1 aromatic heterocycles. The number of carbonyl (C=O) groups excluding carboxylic acids is 1. The van der Waals surface area contributed by atoms with Crippen molar-refractivity contribution in [1.82, 2.24) is 4.98 Å². The Morgan fingerprint density at radius 3 is 2.73 bits per heavy atom. The fourth-order valence-corrected chi connectivity index (χ4v) is 1.31. The molecule has 0 bridgehead atoms. The number of thiol groups is 1. The molecule has 2 N–H and O–H groups in total. The summed E-state index contributed by atoms with van der Waals surface area (Å²) in [5.74, 6) is -0.0444. The van der Waals surface area contributed by atoms with Crippen molar-refractivity contribution in [3.63, 3.8) is 0 Å². The third-order valence-electron chi connectivity index (χ3n) is 1.99. The maximum Gasteiger partial charge on any atom is 0.178 e. The highest BCUT2D eigenvalue weighted by atomic mass is 32.1. The molecule has 0 fully saturated rings. The molecule has 82 valence electrons. The van der Waals surface area contributed by atoms with E-state index < -0.39 is 12.2 Å². The zero-order valence-electron chi connectivity index (χ0n) is 8.29. The molecule has 5 heteroatoms. The van der Waals surface area contributed by atoms with E-state index in [1.165, 1.54) is 6.92 Å². The predicted octanol–water partition coefficient (Wildman–Crippen LogP) is 0.608. The highest BCUT2D eigenvalue weighted by Crippen LogP contribution is 2.15. The fourth-order valence-electron chi connectivity index (χ4n) is 1.11. The molecule has 2 unspecified atom stereocenters. The second kappa shape index (κ2) is 5.25. The Hall–Kier alpha value is -0.910. The molecule has 0 aliphatic rings. The van der Waals surface area contributed by atoms with E-state index in [-0.39, 0.29) is 22.9 Å². The van der Waals surface area contributed by atoms with E-state index in [9.17, 15) is 15.0 Å². The van der Waals surface area contributed by atoms with E-state index in [1.807, 2.05) is 0 Å². The van der Waals surface area contributed by atoms with Crippen LogP contribution in [0.15, 0.2) is 18.2 Å². The first-order chi connectivity index (χ1) is 7.06. The first kappa shape index (κ1) is 12.2. The molecule has 0 aromatic carbocycles. The van der Waals surface area contributed by atoms with Crippen LogP contribution in [0.5, 0.6) is 0 Å². The maximum absolute atomic E-state index is 11.0. The second-order valence-electron chi connectivity index (χ2n) is 3.20. The van der Waals surface area contributed by atoms with Crippen LogP contribution in [0.4, 0.5) is 0 Å². The molecule has 1 aromatic rings. The first-order valence-corrected chi connectivity index (χ1v) is 5.14. The Morgan fingerprint density at radius 1 is 1.53 bits per heavy atom.